The number of hydrogen-bond acceptors (Lipinski definition) is 4. The van der Waals surface area contributed by atoms with Gasteiger partial charge < -0.3 is 25.0 Å². The summed E-state index contributed by atoms with van der Waals surface area (Å²) in [7, 11) is 3.48. The number of nitrogens with one attached hydrogen (secondary N) is 2. The maximum Gasteiger partial charge on any atom is 0.191 e. The minimum Gasteiger partial charge on any atom is -0.493 e. The zero-order valence-electron chi connectivity index (χ0n) is 16.8. The number of benzene rings is 1. The molecule has 0 bridgehead atoms. The Bertz CT molecular complexity index is 587. The maximum atomic E-state index is 5.91. The van der Waals surface area contributed by atoms with Crippen LogP contribution in [-0.4, -0.2) is 57.3 Å². The topological polar surface area (TPSA) is 58.1 Å². The van der Waals surface area contributed by atoms with Gasteiger partial charge in [0.15, 0.2) is 17.5 Å². The Morgan fingerprint density at radius 2 is 2.00 bits per heavy atom. The molecular weight excluding hydrogens is 328 g/mol. The predicted molar refractivity (Wildman–Crippen MR) is 107 cm³/mol. The molecule has 1 aromatic rings. The summed E-state index contributed by atoms with van der Waals surface area (Å²) in [5, 5.41) is 6.79. The molecule has 1 fully saturated rings. The van der Waals surface area contributed by atoms with Crippen LogP contribution in [0.4, 0.5) is 0 Å². The molecule has 26 heavy (non-hydrogen) atoms. The molecule has 6 heteroatoms. The van der Waals surface area contributed by atoms with Crippen LogP contribution >= 0.6 is 0 Å². The summed E-state index contributed by atoms with van der Waals surface area (Å²) >= 11 is 0. The normalized spacial score (nSPS) is 19.4. The van der Waals surface area contributed by atoms with Crippen molar-refractivity contribution in [2.24, 2.45) is 10.9 Å². The molecule has 146 valence electrons. The van der Waals surface area contributed by atoms with Crippen LogP contribution in [0.25, 0.3) is 0 Å². The van der Waals surface area contributed by atoms with Gasteiger partial charge in [-0.25, -0.2) is 0 Å². The molecule has 1 aromatic carbocycles. The molecule has 0 aromatic heterocycles. The van der Waals surface area contributed by atoms with E-state index in [4.69, 9.17) is 9.47 Å². The number of aliphatic imine (C=N–C) groups is 1. The quantitative estimate of drug-likeness (QED) is 0.495. The van der Waals surface area contributed by atoms with Crippen LogP contribution < -0.4 is 20.1 Å². The molecule has 1 aliphatic rings. The van der Waals surface area contributed by atoms with Gasteiger partial charge >= 0.3 is 0 Å². The van der Waals surface area contributed by atoms with E-state index in [9.17, 15) is 0 Å². The molecular formula is C20H34N4O2. The lowest BCUT2D eigenvalue weighted by Crippen LogP contribution is -2.38. The van der Waals surface area contributed by atoms with E-state index in [-0.39, 0.29) is 0 Å². The number of rotatable bonds is 10. The van der Waals surface area contributed by atoms with Crippen molar-refractivity contribution in [2.75, 3.05) is 40.4 Å². The number of guanidine groups is 1. The Morgan fingerprint density at radius 3 is 2.58 bits per heavy atom. The first-order valence-corrected chi connectivity index (χ1v) is 9.60. The van der Waals surface area contributed by atoms with Gasteiger partial charge in [-0.1, -0.05) is 26.8 Å². The van der Waals surface area contributed by atoms with E-state index in [2.05, 4.69) is 47.4 Å². The van der Waals surface area contributed by atoms with Gasteiger partial charge in [-0.15, -0.1) is 0 Å². The van der Waals surface area contributed by atoms with Crippen molar-refractivity contribution < 1.29 is 9.47 Å². The van der Waals surface area contributed by atoms with Crippen molar-refractivity contribution >= 4 is 5.96 Å². The van der Waals surface area contributed by atoms with E-state index in [1.165, 1.54) is 6.42 Å². The first kappa shape index (κ1) is 20.4. The summed E-state index contributed by atoms with van der Waals surface area (Å²) in [5.74, 6) is 3.14. The first-order chi connectivity index (χ1) is 12.6. The number of ether oxygens (including phenoxy) is 2. The predicted octanol–water partition coefficient (Wildman–Crippen LogP) is 2.49. The van der Waals surface area contributed by atoms with Gasteiger partial charge in [-0.2, -0.15) is 0 Å². The van der Waals surface area contributed by atoms with E-state index in [1.807, 2.05) is 12.1 Å². The molecule has 1 saturated carbocycles. The number of nitrogens with zero attached hydrogens (tertiary/aromatic N) is 2. The van der Waals surface area contributed by atoms with Crippen molar-refractivity contribution in [1.82, 2.24) is 15.5 Å². The minimum atomic E-state index is 0.553. The van der Waals surface area contributed by atoms with Crippen molar-refractivity contribution in [3.8, 4) is 11.5 Å². The van der Waals surface area contributed by atoms with Gasteiger partial charge in [-0.3, -0.25) is 4.99 Å². The third-order valence-electron chi connectivity index (χ3n) is 4.90. The third-order valence-corrected chi connectivity index (χ3v) is 4.90. The Morgan fingerprint density at radius 1 is 1.27 bits per heavy atom. The molecule has 2 N–H and O–H groups in total. The Labute approximate surface area is 158 Å². The standard InChI is InChI=1S/C20H34N4O2/c1-6-24(7-2)10-11-26-18-9-8-16(13-19(18)25-5)14-22-20(21-4)23-17-12-15(17)3/h8-9,13,15,17H,6-7,10-12,14H2,1-5H3,(H2,21,22,23). The second-order valence-electron chi connectivity index (χ2n) is 6.75. The molecule has 0 saturated heterocycles. The molecule has 0 amide bonds. The summed E-state index contributed by atoms with van der Waals surface area (Å²) in [6, 6.07) is 6.62. The average molecular weight is 363 g/mol. The lowest BCUT2D eigenvalue weighted by Gasteiger charge is -2.19. The second kappa shape index (κ2) is 10.3. The van der Waals surface area contributed by atoms with Gasteiger partial charge in [0.2, 0.25) is 0 Å². The van der Waals surface area contributed by atoms with Crippen molar-refractivity contribution in [1.29, 1.82) is 0 Å². The van der Waals surface area contributed by atoms with Crippen LogP contribution in [0.1, 0.15) is 32.8 Å². The zero-order valence-corrected chi connectivity index (χ0v) is 16.8. The monoisotopic (exact) mass is 362 g/mol. The van der Waals surface area contributed by atoms with E-state index in [0.29, 0.717) is 19.2 Å². The van der Waals surface area contributed by atoms with E-state index in [1.54, 1.807) is 14.2 Å². The first-order valence-electron chi connectivity index (χ1n) is 9.60. The van der Waals surface area contributed by atoms with Crippen LogP contribution in [0, 0.1) is 5.92 Å². The molecule has 0 radical (unpaired) electrons. The zero-order chi connectivity index (χ0) is 18.9. The van der Waals surface area contributed by atoms with Crippen molar-refractivity contribution in [3.63, 3.8) is 0 Å². The smallest absolute Gasteiger partial charge is 0.191 e. The molecule has 1 aliphatic carbocycles. The lowest BCUT2D eigenvalue weighted by molar-refractivity contribution is 0.217. The Balaban J connectivity index is 1.86. The summed E-state index contributed by atoms with van der Waals surface area (Å²) in [6.07, 6.45) is 1.22. The number of methoxy groups -OCH3 is 1. The highest BCUT2D eigenvalue weighted by atomic mass is 16.5. The van der Waals surface area contributed by atoms with Crippen LogP contribution in [0.5, 0.6) is 11.5 Å². The van der Waals surface area contributed by atoms with Gasteiger partial charge in [0.25, 0.3) is 0 Å². The van der Waals surface area contributed by atoms with Crippen LogP contribution in [0.3, 0.4) is 0 Å². The largest absolute Gasteiger partial charge is 0.493 e. The third kappa shape index (κ3) is 6.09. The second-order valence-corrected chi connectivity index (χ2v) is 6.75. The van der Waals surface area contributed by atoms with E-state index in [0.717, 1.165) is 48.6 Å². The number of likely N-dealkylation sites (N-methyl/N-ethyl adjacent to an activating group) is 1. The molecule has 2 rings (SSSR count). The molecule has 0 spiro atoms. The van der Waals surface area contributed by atoms with Crippen LogP contribution in [0.2, 0.25) is 0 Å². The Hall–Kier alpha value is -1.95. The highest BCUT2D eigenvalue weighted by Gasteiger charge is 2.33. The molecule has 0 aliphatic heterocycles. The van der Waals surface area contributed by atoms with Crippen molar-refractivity contribution in [3.05, 3.63) is 23.8 Å². The highest BCUT2D eigenvalue weighted by molar-refractivity contribution is 5.80. The van der Waals surface area contributed by atoms with Crippen LogP contribution in [0.15, 0.2) is 23.2 Å². The van der Waals surface area contributed by atoms with Gasteiger partial charge in [0.05, 0.1) is 7.11 Å². The average Bonchev–Trinajstić information content (AvgIpc) is 3.37. The van der Waals surface area contributed by atoms with Gasteiger partial charge in [0, 0.05) is 26.2 Å². The molecule has 2 unspecified atom stereocenters. The summed E-state index contributed by atoms with van der Waals surface area (Å²) in [5.41, 5.74) is 1.13. The Kier molecular flexibility index (Phi) is 8.04. The summed E-state index contributed by atoms with van der Waals surface area (Å²) < 4.78 is 11.4. The van der Waals surface area contributed by atoms with Gasteiger partial charge in [-0.05, 0) is 43.1 Å². The van der Waals surface area contributed by atoms with E-state index >= 15 is 0 Å². The lowest BCUT2D eigenvalue weighted by atomic mass is 10.2. The fraction of sp³-hybridized carbons (Fsp3) is 0.650. The number of hydrogen-bond donors (Lipinski definition) is 2. The van der Waals surface area contributed by atoms with Crippen LogP contribution in [-0.2, 0) is 6.54 Å². The molecule has 6 nitrogen and oxygen atoms in total. The molecule has 2 atom stereocenters. The summed E-state index contributed by atoms with van der Waals surface area (Å²) in [6.45, 7) is 10.9. The minimum absolute atomic E-state index is 0.553. The van der Waals surface area contributed by atoms with E-state index < -0.39 is 0 Å². The fourth-order valence-electron chi connectivity index (χ4n) is 2.84. The molecule has 0 heterocycles. The van der Waals surface area contributed by atoms with Gasteiger partial charge in [0.1, 0.15) is 6.61 Å². The summed E-state index contributed by atoms with van der Waals surface area (Å²) in [4.78, 5) is 6.62. The van der Waals surface area contributed by atoms with Crippen molar-refractivity contribution in [2.45, 2.75) is 39.8 Å². The SMILES string of the molecule is CCN(CC)CCOc1ccc(CNC(=NC)NC2CC2C)cc1OC. The maximum absolute atomic E-state index is 5.91. The fourth-order valence-corrected chi connectivity index (χ4v) is 2.84. The highest BCUT2D eigenvalue weighted by Crippen LogP contribution is 2.29.